The number of thiol groups is 1. The first-order chi connectivity index (χ1) is 29.9. The molecule has 2 aliphatic heterocycles. The minimum absolute atomic E-state index is 0.000417. The Morgan fingerprint density at radius 3 is 2.06 bits per heavy atom. The summed E-state index contributed by atoms with van der Waals surface area (Å²) in [7, 11) is 9.59. The Hall–Kier alpha value is -2.93. The van der Waals surface area contributed by atoms with Crippen LogP contribution in [0.1, 0.15) is 79.7 Å². The zero-order valence-corrected chi connectivity index (χ0v) is 41.8. The molecule has 17 heteroatoms. The maximum absolute atomic E-state index is 14.6. The van der Waals surface area contributed by atoms with Crippen LogP contribution in [-0.2, 0) is 44.6 Å². The van der Waals surface area contributed by atoms with Crippen LogP contribution in [0, 0.1) is 23.7 Å². The van der Waals surface area contributed by atoms with Crippen LogP contribution in [0.2, 0.25) is 0 Å². The average Bonchev–Trinajstić information content (AvgIpc) is 3.76. The van der Waals surface area contributed by atoms with Crippen molar-refractivity contribution >= 4 is 52.2 Å². The van der Waals surface area contributed by atoms with E-state index in [0.29, 0.717) is 19.5 Å². The van der Waals surface area contributed by atoms with Crippen molar-refractivity contribution < 1.29 is 38.2 Å². The number of nitrogens with one attached hydrogen (secondary N) is 2. The average molecular weight is 922 g/mol. The second kappa shape index (κ2) is 26.9. The molecule has 4 amide bonds. The number of benzene rings is 1. The van der Waals surface area contributed by atoms with Crippen LogP contribution in [0.5, 0.6) is 0 Å². The van der Waals surface area contributed by atoms with Gasteiger partial charge in [-0.25, -0.2) is 9.10 Å². The largest absolute Gasteiger partial charge is 0.467 e. The molecule has 0 bridgehead atoms. The second-order valence-electron chi connectivity index (χ2n) is 18.1. The Kier molecular flexibility index (Phi) is 23.2. The topological polar surface area (TPSA) is 153 Å². The Balaban J connectivity index is 1.74. The highest BCUT2D eigenvalue weighted by Gasteiger charge is 2.43. The number of amides is 4. The first kappa shape index (κ1) is 54.4. The van der Waals surface area contributed by atoms with Crippen molar-refractivity contribution in [3.63, 3.8) is 0 Å². The fourth-order valence-electron chi connectivity index (χ4n) is 9.25. The number of carbonyl (C=O) groups excluding carboxylic acids is 5. The second-order valence-corrected chi connectivity index (χ2v) is 19.3. The summed E-state index contributed by atoms with van der Waals surface area (Å²) < 4.78 is 19.3. The van der Waals surface area contributed by atoms with Crippen molar-refractivity contribution in [2.75, 3.05) is 81.2 Å². The van der Waals surface area contributed by atoms with Crippen molar-refractivity contribution in [1.82, 2.24) is 34.5 Å². The summed E-state index contributed by atoms with van der Waals surface area (Å²) in [5.74, 6) is -2.47. The lowest BCUT2D eigenvalue weighted by atomic mass is 9.89. The van der Waals surface area contributed by atoms with Crippen LogP contribution in [0.15, 0.2) is 30.3 Å². The Bertz CT molecular complexity index is 1590. The summed E-state index contributed by atoms with van der Waals surface area (Å²) in [5.41, 5.74) is 0.875. The van der Waals surface area contributed by atoms with Crippen LogP contribution in [0.3, 0.4) is 0 Å². The highest BCUT2D eigenvalue weighted by molar-refractivity contribution is 8.67. The van der Waals surface area contributed by atoms with Gasteiger partial charge in [0.15, 0.2) is 0 Å². The maximum atomic E-state index is 14.6. The van der Waals surface area contributed by atoms with E-state index >= 15 is 0 Å². The number of piperazine rings is 1. The molecule has 2 fully saturated rings. The molecule has 2 heterocycles. The predicted octanol–water partition coefficient (Wildman–Crippen LogP) is 4.02. The maximum Gasteiger partial charge on any atom is 0.328 e. The Labute approximate surface area is 387 Å². The monoisotopic (exact) mass is 922 g/mol. The fraction of sp³-hybridized carbons (Fsp3) is 0.761. The number of likely N-dealkylation sites (N-methyl/N-ethyl adjacent to an activating group) is 2. The van der Waals surface area contributed by atoms with Gasteiger partial charge >= 0.3 is 5.97 Å². The molecule has 0 aromatic heterocycles. The van der Waals surface area contributed by atoms with Gasteiger partial charge in [0.2, 0.25) is 23.6 Å². The van der Waals surface area contributed by atoms with Gasteiger partial charge in [-0.05, 0) is 54.2 Å². The smallest absolute Gasteiger partial charge is 0.328 e. The summed E-state index contributed by atoms with van der Waals surface area (Å²) in [6, 6.07) is 6.39. The van der Waals surface area contributed by atoms with E-state index in [1.54, 1.807) is 30.9 Å². The van der Waals surface area contributed by atoms with E-state index in [1.165, 1.54) is 25.2 Å². The van der Waals surface area contributed by atoms with Gasteiger partial charge in [-0.15, -0.1) is 0 Å². The lowest BCUT2D eigenvalue weighted by Gasteiger charge is -2.41. The molecule has 0 saturated carbocycles. The molecule has 1 aromatic carbocycles. The van der Waals surface area contributed by atoms with Crippen LogP contribution in [-0.4, -0.2) is 177 Å². The minimum atomic E-state index is -0.896. The van der Waals surface area contributed by atoms with Gasteiger partial charge in [-0.1, -0.05) is 96.9 Å². The highest BCUT2D eigenvalue weighted by atomic mass is 33.1. The lowest BCUT2D eigenvalue weighted by molar-refractivity contribution is -0.149. The van der Waals surface area contributed by atoms with Crippen LogP contribution in [0.25, 0.3) is 0 Å². The number of hydrogen-bond donors (Lipinski definition) is 3. The van der Waals surface area contributed by atoms with E-state index in [1.807, 2.05) is 78.9 Å². The Morgan fingerprint density at radius 1 is 0.873 bits per heavy atom. The summed E-state index contributed by atoms with van der Waals surface area (Å²) >= 11 is 4.33. The lowest BCUT2D eigenvalue weighted by Crippen LogP contribution is -2.60. The third kappa shape index (κ3) is 15.3. The summed E-state index contributed by atoms with van der Waals surface area (Å²) in [6.45, 7) is 19.6. The third-order valence-electron chi connectivity index (χ3n) is 13.2. The van der Waals surface area contributed by atoms with Crippen molar-refractivity contribution in [1.29, 1.82) is 0 Å². The molecule has 358 valence electrons. The first-order valence-electron chi connectivity index (χ1n) is 22.8. The van der Waals surface area contributed by atoms with Gasteiger partial charge < -0.3 is 34.6 Å². The van der Waals surface area contributed by atoms with Crippen molar-refractivity contribution in [2.45, 2.75) is 123 Å². The SMILES string of the molecule is CC[C@H](C)[C@@H]([C@@H](CC(=O)N1CCC[C@H]1[C@H](OC)[C@@H](C)C(=O)N[C@@H](Cc1ccccc1)C(=O)OC)OC)N(C)C(=O)[C@@H](NC(=O)[C@H](C(C)C)N(C)CCN1CCN(SS)CC1)C(C)C. The summed E-state index contributed by atoms with van der Waals surface area (Å²) in [6.07, 6.45) is 1.03. The van der Waals surface area contributed by atoms with Crippen molar-refractivity contribution in [3.05, 3.63) is 35.9 Å². The van der Waals surface area contributed by atoms with Gasteiger partial charge in [0.25, 0.3) is 0 Å². The number of esters is 1. The molecule has 3 rings (SSSR count). The first-order valence-corrected chi connectivity index (χ1v) is 24.6. The van der Waals surface area contributed by atoms with E-state index < -0.39 is 54.3 Å². The van der Waals surface area contributed by atoms with Crippen molar-refractivity contribution in [2.24, 2.45) is 23.7 Å². The van der Waals surface area contributed by atoms with E-state index in [-0.39, 0.29) is 54.2 Å². The molecular weight excluding hydrogens is 843 g/mol. The summed E-state index contributed by atoms with van der Waals surface area (Å²) in [5, 5.41) is 6.03. The molecule has 0 unspecified atom stereocenters. The number of nitrogens with zero attached hydrogens (tertiary/aromatic N) is 5. The van der Waals surface area contributed by atoms with Crippen LogP contribution >= 0.6 is 22.6 Å². The number of likely N-dealkylation sites (tertiary alicyclic amines) is 1. The molecule has 15 nitrogen and oxygen atoms in total. The van der Waals surface area contributed by atoms with Crippen LogP contribution in [0.4, 0.5) is 0 Å². The van der Waals surface area contributed by atoms with Gasteiger partial charge in [0.1, 0.15) is 12.1 Å². The fourth-order valence-corrected chi connectivity index (χ4v) is 10.1. The van der Waals surface area contributed by atoms with E-state index in [9.17, 15) is 24.0 Å². The standard InChI is InChI=1S/C46H79N7O8S2/c1-13-32(6)41(50(9)45(57)39(30(2)3)48-44(56)40(31(4)5)49(8)22-23-51-24-26-52(63-62)27-25-51)37(59-10)29-38(54)53-21-17-20-36(53)42(60-11)33(7)43(55)47-35(46(58)61-12)28-34-18-15-14-16-19-34/h14-16,18-19,30-33,35-37,39-42,62H,13,17,20-29H2,1-12H3,(H,47,55)(H,48,56)/t32-,33+,35-,36-,37+,39-,40-,41-,42+/m0/s1. The van der Waals surface area contributed by atoms with Gasteiger partial charge in [0.05, 0.1) is 49.8 Å². The number of ether oxygens (including phenoxy) is 3. The van der Waals surface area contributed by atoms with Gasteiger partial charge in [0, 0.05) is 73.5 Å². The molecule has 0 radical (unpaired) electrons. The van der Waals surface area contributed by atoms with Crippen molar-refractivity contribution in [3.8, 4) is 0 Å². The molecule has 63 heavy (non-hydrogen) atoms. The van der Waals surface area contributed by atoms with Crippen LogP contribution < -0.4 is 10.6 Å². The molecule has 2 saturated heterocycles. The molecule has 2 aliphatic rings. The minimum Gasteiger partial charge on any atom is -0.467 e. The predicted molar refractivity (Wildman–Crippen MR) is 253 cm³/mol. The molecule has 2 N–H and O–H groups in total. The number of hydrogen-bond acceptors (Lipinski definition) is 13. The quantitative estimate of drug-likeness (QED) is 0.0563. The van der Waals surface area contributed by atoms with E-state index in [4.69, 9.17) is 14.2 Å². The third-order valence-corrected chi connectivity index (χ3v) is 14.5. The Morgan fingerprint density at radius 2 is 1.52 bits per heavy atom. The molecule has 1 aromatic rings. The number of carbonyl (C=O) groups is 5. The normalized spacial score (nSPS) is 20.1. The molecule has 0 spiro atoms. The number of rotatable bonds is 25. The molecule has 0 aliphatic carbocycles. The zero-order chi connectivity index (χ0) is 47.0. The summed E-state index contributed by atoms with van der Waals surface area (Å²) in [4.78, 5) is 77.6. The molecular formula is C46H79N7O8S2. The van der Waals surface area contributed by atoms with Gasteiger partial charge in [-0.3, -0.25) is 29.0 Å². The van der Waals surface area contributed by atoms with Gasteiger partial charge in [-0.2, -0.15) is 0 Å². The molecule has 9 atom stereocenters. The highest BCUT2D eigenvalue weighted by Crippen LogP contribution is 2.30. The number of methoxy groups -OCH3 is 3. The zero-order valence-electron chi connectivity index (χ0n) is 40.1. The van der Waals surface area contributed by atoms with E-state index in [2.05, 4.69) is 36.4 Å². The van der Waals surface area contributed by atoms with E-state index in [0.717, 1.165) is 51.1 Å².